The van der Waals surface area contributed by atoms with E-state index in [2.05, 4.69) is 33.6 Å². The first kappa shape index (κ1) is 21.8. The van der Waals surface area contributed by atoms with Crippen molar-refractivity contribution in [1.29, 1.82) is 5.41 Å². The number of amides is 1. The van der Waals surface area contributed by atoms with Crippen molar-refractivity contribution in [3.8, 4) is 0 Å². The highest BCUT2D eigenvalue weighted by molar-refractivity contribution is 14.1. The van der Waals surface area contributed by atoms with E-state index in [1.54, 1.807) is 11.1 Å². The van der Waals surface area contributed by atoms with Crippen molar-refractivity contribution in [1.82, 2.24) is 9.38 Å². The van der Waals surface area contributed by atoms with Gasteiger partial charge < -0.3 is 20.4 Å². The molecule has 0 fully saturated rings. The van der Waals surface area contributed by atoms with Gasteiger partial charge in [0.25, 0.3) is 0 Å². The van der Waals surface area contributed by atoms with Crippen LogP contribution in [0, 0.1) is 8.98 Å². The van der Waals surface area contributed by atoms with E-state index in [0.29, 0.717) is 12.1 Å². The first-order valence-corrected chi connectivity index (χ1v) is 11.2. The van der Waals surface area contributed by atoms with E-state index in [1.165, 1.54) is 12.4 Å². The number of nitrogens with two attached hydrogens (primary N) is 1. The highest BCUT2D eigenvalue weighted by Gasteiger charge is 2.19. The molecule has 0 radical (unpaired) electrons. The zero-order chi connectivity index (χ0) is 22.5. The summed E-state index contributed by atoms with van der Waals surface area (Å²) in [5.41, 5.74) is 10.6. The second-order valence-electron chi connectivity index (χ2n) is 7.28. The maximum absolute atomic E-state index is 13.5. The summed E-state index contributed by atoms with van der Waals surface area (Å²) in [5, 5.41) is 7.50. The van der Waals surface area contributed by atoms with Gasteiger partial charge in [-0.2, -0.15) is 0 Å². The number of carbonyl (C=O) groups excluding carboxylic acids is 1. The Bertz CT molecular complexity index is 1290. The van der Waals surface area contributed by atoms with Crippen LogP contribution in [0.25, 0.3) is 11.2 Å². The van der Waals surface area contributed by atoms with Crippen LogP contribution >= 0.6 is 22.6 Å². The molecule has 1 amide bonds. The maximum atomic E-state index is 13.5. The normalized spacial score (nSPS) is 11.5. The van der Waals surface area contributed by atoms with Crippen LogP contribution in [0.4, 0.5) is 5.69 Å². The van der Waals surface area contributed by atoms with Crippen molar-refractivity contribution < 1.29 is 4.79 Å². The molecule has 4 rings (SSSR count). The van der Waals surface area contributed by atoms with E-state index in [9.17, 15) is 4.79 Å². The van der Waals surface area contributed by atoms with Crippen molar-refractivity contribution in [2.45, 2.75) is 13.0 Å². The number of imidazole rings is 1. The number of nitrogens with one attached hydrogen (secondary N) is 1. The van der Waals surface area contributed by atoms with Gasteiger partial charge >= 0.3 is 0 Å². The average Bonchev–Trinajstić information content (AvgIpc) is 3.22. The number of rotatable bonds is 7. The number of fused-ring (bicyclic) bond motifs is 1. The fraction of sp³-hybridized carbons (Fsp3) is 0.0800. The van der Waals surface area contributed by atoms with Crippen molar-refractivity contribution in [2.24, 2.45) is 5.73 Å². The highest BCUT2D eigenvalue weighted by Crippen LogP contribution is 2.23. The van der Waals surface area contributed by atoms with Gasteiger partial charge in [0, 0.05) is 39.6 Å². The molecule has 32 heavy (non-hydrogen) atoms. The lowest BCUT2D eigenvalue weighted by atomic mass is 10.1. The molecule has 6 nitrogen and oxygen atoms in total. The average molecular weight is 535 g/mol. The van der Waals surface area contributed by atoms with Gasteiger partial charge in [0.1, 0.15) is 5.65 Å². The fourth-order valence-electron chi connectivity index (χ4n) is 3.57. The number of nitrogens with zero attached hydrogens (tertiary/aromatic N) is 3. The summed E-state index contributed by atoms with van der Waals surface area (Å²) in [5.74, 6) is -0.0242. The van der Waals surface area contributed by atoms with Crippen LogP contribution in [0.15, 0.2) is 85.3 Å². The molecule has 160 valence electrons. The largest absolute Gasteiger partial charge is 0.404 e. The molecule has 0 bridgehead atoms. The van der Waals surface area contributed by atoms with Crippen molar-refractivity contribution in [3.63, 3.8) is 0 Å². The van der Waals surface area contributed by atoms with Gasteiger partial charge in [-0.05, 0) is 70.1 Å². The molecule has 0 atom stereocenters. The Balaban J connectivity index is 1.66. The standard InChI is InChI=1S/C25H22IN5O/c26-21-5-3-4-18(12-21)17-31(22-9-7-19(8-10-22)20(14-27)15-28)25(32)13-23-16-29-24-6-1-2-11-30(23)24/h1-12,14-16,27H,13,17,28H2/b20-15+,27-14?. The molecule has 0 spiro atoms. The first-order chi connectivity index (χ1) is 15.6. The predicted molar refractivity (Wildman–Crippen MR) is 137 cm³/mol. The van der Waals surface area contributed by atoms with Crippen LogP contribution in [-0.4, -0.2) is 21.5 Å². The number of halogens is 1. The molecule has 0 aliphatic heterocycles. The third-order valence-electron chi connectivity index (χ3n) is 5.20. The molecule has 7 heteroatoms. The molecule has 0 saturated carbocycles. The maximum Gasteiger partial charge on any atom is 0.233 e. The smallest absolute Gasteiger partial charge is 0.233 e. The van der Waals surface area contributed by atoms with Crippen LogP contribution < -0.4 is 10.6 Å². The molecule has 0 aliphatic rings. The second-order valence-corrected chi connectivity index (χ2v) is 8.52. The lowest BCUT2D eigenvalue weighted by Crippen LogP contribution is -2.32. The molecule has 3 N–H and O–H groups in total. The molecule has 0 aliphatic carbocycles. The van der Waals surface area contributed by atoms with Crippen LogP contribution in [-0.2, 0) is 17.8 Å². The van der Waals surface area contributed by atoms with Crippen LogP contribution in [0.5, 0.6) is 0 Å². The van der Waals surface area contributed by atoms with Crippen molar-refractivity contribution >= 4 is 51.6 Å². The van der Waals surface area contributed by atoms with Gasteiger partial charge in [-0.1, -0.05) is 30.3 Å². The van der Waals surface area contributed by atoms with E-state index in [1.807, 2.05) is 71.3 Å². The second kappa shape index (κ2) is 9.78. The molecular weight excluding hydrogens is 513 g/mol. The molecule has 2 aromatic heterocycles. The topological polar surface area (TPSA) is 87.5 Å². The van der Waals surface area contributed by atoms with Gasteiger partial charge in [-0.25, -0.2) is 4.98 Å². The summed E-state index contributed by atoms with van der Waals surface area (Å²) in [4.78, 5) is 19.7. The van der Waals surface area contributed by atoms with E-state index < -0.39 is 0 Å². The number of pyridine rings is 1. The number of hydrogen-bond donors (Lipinski definition) is 2. The van der Waals surface area contributed by atoms with E-state index in [4.69, 9.17) is 11.1 Å². The summed E-state index contributed by atoms with van der Waals surface area (Å²) in [6.45, 7) is 0.454. The van der Waals surface area contributed by atoms with E-state index in [0.717, 1.165) is 31.7 Å². The Kier molecular flexibility index (Phi) is 6.65. The number of allylic oxidation sites excluding steroid dienone is 1. The Hall–Kier alpha value is -3.46. The summed E-state index contributed by atoms with van der Waals surface area (Å²) < 4.78 is 3.06. The number of anilines is 1. The van der Waals surface area contributed by atoms with Crippen LogP contribution in [0.3, 0.4) is 0 Å². The predicted octanol–water partition coefficient (Wildman–Crippen LogP) is 4.66. The minimum atomic E-state index is -0.0242. The van der Waals surface area contributed by atoms with Crippen molar-refractivity contribution in [3.05, 3.63) is 106 Å². The van der Waals surface area contributed by atoms with Gasteiger partial charge in [-0.3, -0.25) is 4.79 Å². The monoisotopic (exact) mass is 535 g/mol. The van der Waals surface area contributed by atoms with Crippen molar-refractivity contribution in [2.75, 3.05) is 4.90 Å². The SMILES string of the molecule is N=C/C(=C\N)c1ccc(N(Cc2cccc(I)c2)C(=O)Cc2cnc3ccccn23)cc1. The molecule has 0 saturated heterocycles. The van der Waals surface area contributed by atoms with Gasteiger partial charge in [0.15, 0.2) is 0 Å². The third kappa shape index (κ3) is 4.72. The molecule has 2 heterocycles. The number of carbonyl (C=O) groups is 1. The molecule has 2 aromatic carbocycles. The quantitative estimate of drug-likeness (QED) is 0.267. The summed E-state index contributed by atoms with van der Waals surface area (Å²) in [6, 6.07) is 21.4. The fourth-order valence-corrected chi connectivity index (χ4v) is 4.18. The molecular formula is C25H22IN5O. The summed E-state index contributed by atoms with van der Waals surface area (Å²) in [7, 11) is 0. The Morgan fingerprint density at radius 2 is 1.94 bits per heavy atom. The lowest BCUT2D eigenvalue weighted by molar-refractivity contribution is -0.118. The van der Waals surface area contributed by atoms with Crippen LogP contribution in [0.2, 0.25) is 0 Å². The highest BCUT2D eigenvalue weighted by atomic mass is 127. The zero-order valence-electron chi connectivity index (χ0n) is 17.3. The van der Waals surface area contributed by atoms with E-state index >= 15 is 0 Å². The number of aromatic nitrogens is 2. The first-order valence-electron chi connectivity index (χ1n) is 10.1. The van der Waals surface area contributed by atoms with Gasteiger partial charge in [0.05, 0.1) is 18.7 Å². The zero-order valence-corrected chi connectivity index (χ0v) is 19.4. The Morgan fingerprint density at radius 3 is 2.66 bits per heavy atom. The van der Waals surface area contributed by atoms with Gasteiger partial charge in [0.2, 0.25) is 5.91 Å². The minimum absolute atomic E-state index is 0.0242. The molecule has 4 aromatic rings. The summed E-state index contributed by atoms with van der Waals surface area (Å²) in [6.07, 6.45) is 6.52. The summed E-state index contributed by atoms with van der Waals surface area (Å²) >= 11 is 2.28. The molecule has 0 unspecified atom stereocenters. The van der Waals surface area contributed by atoms with Gasteiger partial charge in [-0.15, -0.1) is 0 Å². The van der Waals surface area contributed by atoms with E-state index in [-0.39, 0.29) is 12.3 Å². The van der Waals surface area contributed by atoms with Crippen LogP contribution in [0.1, 0.15) is 16.8 Å². The number of hydrogen-bond acceptors (Lipinski definition) is 4. The lowest BCUT2D eigenvalue weighted by Gasteiger charge is -2.23. The Morgan fingerprint density at radius 1 is 1.12 bits per heavy atom. The number of benzene rings is 2. The third-order valence-corrected chi connectivity index (χ3v) is 5.88. The minimum Gasteiger partial charge on any atom is -0.404 e. The Labute approximate surface area is 200 Å².